The lowest BCUT2D eigenvalue weighted by Crippen LogP contribution is -2.15. The topological polar surface area (TPSA) is 85.8 Å². The molecule has 8 heteroatoms. The molecule has 0 aliphatic carbocycles. The van der Waals surface area contributed by atoms with E-state index in [1.54, 1.807) is 4.57 Å². The van der Waals surface area contributed by atoms with Crippen LogP contribution in [-0.4, -0.2) is 31.6 Å². The number of nitrogen functional groups attached to an aromatic ring is 1. The van der Waals surface area contributed by atoms with Crippen LogP contribution in [0.15, 0.2) is 54.9 Å². The molecule has 7 nitrogen and oxygen atoms in total. The molecule has 0 unspecified atom stereocenters. The van der Waals surface area contributed by atoms with Crippen molar-refractivity contribution in [3.63, 3.8) is 0 Å². The fourth-order valence-electron chi connectivity index (χ4n) is 2.60. The van der Waals surface area contributed by atoms with Gasteiger partial charge in [-0.25, -0.2) is 19.5 Å². The maximum atomic E-state index is 6.07. The molecule has 2 aromatic carbocycles. The van der Waals surface area contributed by atoms with Gasteiger partial charge in [0, 0.05) is 17.8 Å². The average molecular weight is 352 g/mol. The molecule has 0 saturated heterocycles. The number of imidazole rings is 1. The highest BCUT2D eigenvalue weighted by molar-refractivity contribution is 6.30. The molecule has 2 N–H and O–H groups in total. The third kappa shape index (κ3) is 2.74. The second-order valence-electron chi connectivity index (χ2n) is 5.42. The Labute approximate surface area is 148 Å². The molecule has 124 valence electrons. The Bertz CT molecular complexity index is 1060. The van der Waals surface area contributed by atoms with Gasteiger partial charge in [-0.05, 0) is 30.3 Å². The van der Waals surface area contributed by atoms with Gasteiger partial charge in [0.1, 0.15) is 6.33 Å². The summed E-state index contributed by atoms with van der Waals surface area (Å²) in [6, 6.07) is 15.1. The lowest BCUT2D eigenvalue weighted by molar-refractivity contribution is 0.901. The van der Waals surface area contributed by atoms with Crippen LogP contribution in [0.1, 0.15) is 0 Å². The fourth-order valence-corrected chi connectivity index (χ4v) is 2.79. The highest BCUT2D eigenvalue weighted by Gasteiger charge is 2.14. The van der Waals surface area contributed by atoms with Crippen molar-refractivity contribution in [1.82, 2.24) is 24.5 Å². The maximum Gasteiger partial charge on any atom is 0.241 e. The Hall–Kier alpha value is -3.19. The van der Waals surface area contributed by atoms with Crippen LogP contribution in [0.5, 0.6) is 0 Å². The van der Waals surface area contributed by atoms with E-state index >= 15 is 0 Å². The van der Waals surface area contributed by atoms with E-state index in [0.717, 1.165) is 16.7 Å². The number of fused-ring (bicyclic) bond motifs is 1. The molecule has 0 radical (unpaired) electrons. The van der Waals surface area contributed by atoms with E-state index in [2.05, 4.69) is 19.9 Å². The quantitative estimate of drug-likeness (QED) is 0.610. The summed E-state index contributed by atoms with van der Waals surface area (Å²) in [6.45, 7) is 0. The van der Waals surface area contributed by atoms with E-state index in [1.165, 1.54) is 6.33 Å². The SMILES string of the molecule is CN(c1cccc(Cl)c1)c1ncnc(-n2c(N)nc3ccccc32)n1. The van der Waals surface area contributed by atoms with E-state index in [4.69, 9.17) is 17.3 Å². The van der Waals surface area contributed by atoms with Crippen LogP contribution in [-0.2, 0) is 0 Å². The molecule has 0 amide bonds. The van der Waals surface area contributed by atoms with E-state index in [1.807, 2.05) is 60.5 Å². The number of aromatic nitrogens is 5. The maximum absolute atomic E-state index is 6.07. The van der Waals surface area contributed by atoms with Gasteiger partial charge in [-0.3, -0.25) is 0 Å². The Morgan fingerprint density at radius 1 is 1.04 bits per heavy atom. The average Bonchev–Trinajstić information content (AvgIpc) is 2.97. The first-order valence-electron chi connectivity index (χ1n) is 7.55. The summed E-state index contributed by atoms with van der Waals surface area (Å²) in [7, 11) is 1.86. The van der Waals surface area contributed by atoms with Crippen molar-refractivity contribution in [1.29, 1.82) is 0 Å². The molecule has 4 aromatic rings. The van der Waals surface area contributed by atoms with E-state index in [-0.39, 0.29) is 0 Å². The molecule has 0 fully saturated rings. The van der Waals surface area contributed by atoms with Gasteiger partial charge in [0.05, 0.1) is 11.0 Å². The minimum atomic E-state index is 0.323. The van der Waals surface area contributed by atoms with Gasteiger partial charge < -0.3 is 10.6 Å². The third-order valence-corrected chi connectivity index (χ3v) is 4.06. The smallest absolute Gasteiger partial charge is 0.241 e. The highest BCUT2D eigenvalue weighted by atomic mass is 35.5. The van der Waals surface area contributed by atoms with Crippen LogP contribution < -0.4 is 10.6 Å². The summed E-state index contributed by atoms with van der Waals surface area (Å²) in [5.41, 5.74) is 8.55. The standard InChI is InChI=1S/C17H14ClN7/c1-24(12-6-4-5-11(18)9-12)16-20-10-21-17(23-16)25-14-8-3-2-7-13(14)22-15(25)19/h2-10H,1H3,(H2,19,22). The molecule has 2 heterocycles. The number of rotatable bonds is 3. The Morgan fingerprint density at radius 3 is 2.72 bits per heavy atom. The number of hydrogen-bond acceptors (Lipinski definition) is 6. The summed E-state index contributed by atoms with van der Waals surface area (Å²) < 4.78 is 1.70. The summed E-state index contributed by atoms with van der Waals surface area (Å²) in [4.78, 5) is 19.2. The fraction of sp³-hybridized carbons (Fsp3) is 0.0588. The molecule has 2 aromatic heterocycles. The monoisotopic (exact) mass is 351 g/mol. The lowest BCUT2D eigenvalue weighted by atomic mass is 10.3. The Morgan fingerprint density at radius 2 is 1.88 bits per heavy atom. The molecular weight excluding hydrogens is 338 g/mol. The Balaban J connectivity index is 1.80. The van der Waals surface area contributed by atoms with Crippen LogP contribution in [0, 0.1) is 0 Å². The number of para-hydroxylation sites is 2. The van der Waals surface area contributed by atoms with Crippen molar-refractivity contribution < 1.29 is 0 Å². The molecule has 0 atom stereocenters. The number of nitrogens with two attached hydrogens (primary N) is 1. The zero-order valence-corrected chi connectivity index (χ0v) is 14.1. The largest absolute Gasteiger partial charge is 0.369 e. The van der Waals surface area contributed by atoms with E-state index in [0.29, 0.717) is 22.9 Å². The summed E-state index contributed by atoms with van der Waals surface area (Å²) in [5, 5.41) is 0.642. The van der Waals surface area contributed by atoms with Crippen molar-refractivity contribution in [2.75, 3.05) is 17.7 Å². The van der Waals surface area contributed by atoms with Crippen molar-refractivity contribution in [2.45, 2.75) is 0 Å². The van der Waals surface area contributed by atoms with Gasteiger partial charge >= 0.3 is 0 Å². The van der Waals surface area contributed by atoms with Gasteiger partial charge in [0.2, 0.25) is 17.8 Å². The second kappa shape index (κ2) is 6.03. The summed E-state index contributed by atoms with van der Waals surface area (Å²) >= 11 is 6.07. The number of halogens is 1. The van der Waals surface area contributed by atoms with Crippen molar-refractivity contribution in [3.8, 4) is 5.95 Å². The highest BCUT2D eigenvalue weighted by Crippen LogP contribution is 2.25. The van der Waals surface area contributed by atoms with Gasteiger partial charge in [0.15, 0.2) is 0 Å². The van der Waals surface area contributed by atoms with Crippen LogP contribution in [0.25, 0.3) is 17.0 Å². The first-order chi connectivity index (χ1) is 12.1. The molecule has 0 spiro atoms. The third-order valence-electron chi connectivity index (χ3n) is 3.83. The van der Waals surface area contributed by atoms with Crippen molar-refractivity contribution >= 4 is 40.2 Å². The van der Waals surface area contributed by atoms with Crippen LogP contribution in [0.4, 0.5) is 17.6 Å². The zero-order chi connectivity index (χ0) is 17.4. The predicted molar refractivity (Wildman–Crippen MR) is 98.4 cm³/mol. The molecule has 25 heavy (non-hydrogen) atoms. The van der Waals surface area contributed by atoms with Crippen LogP contribution in [0.2, 0.25) is 5.02 Å². The van der Waals surface area contributed by atoms with Gasteiger partial charge in [-0.2, -0.15) is 4.98 Å². The number of anilines is 3. The van der Waals surface area contributed by atoms with Gasteiger partial charge in [-0.15, -0.1) is 0 Å². The number of nitrogens with zero attached hydrogens (tertiary/aromatic N) is 6. The minimum absolute atomic E-state index is 0.323. The van der Waals surface area contributed by atoms with Crippen molar-refractivity contribution in [2.24, 2.45) is 0 Å². The van der Waals surface area contributed by atoms with Crippen LogP contribution >= 0.6 is 11.6 Å². The summed E-state index contributed by atoms with van der Waals surface area (Å²) in [6.07, 6.45) is 1.45. The molecule has 0 saturated carbocycles. The first kappa shape index (κ1) is 15.3. The first-order valence-corrected chi connectivity index (χ1v) is 7.93. The normalized spacial score (nSPS) is 11.0. The summed E-state index contributed by atoms with van der Waals surface area (Å²) in [5.74, 6) is 1.21. The number of hydrogen-bond donors (Lipinski definition) is 1. The second-order valence-corrected chi connectivity index (χ2v) is 5.85. The number of benzene rings is 2. The molecule has 0 aliphatic rings. The molecule has 0 bridgehead atoms. The molecule has 0 aliphatic heterocycles. The zero-order valence-electron chi connectivity index (χ0n) is 13.3. The molecular formula is C17H14ClN7. The van der Waals surface area contributed by atoms with E-state index in [9.17, 15) is 0 Å². The van der Waals surface area contributed by atoms with Gasteiger partial charge in [-0.1, -0.05) is 29.8 Å². The van der Waals surface area contributed by atoms with Crippen molar-refractivity contribution in [3.05, 3.63) is 59.9 Å². The lowest BCUT2D eigenvalue weighted by Gasteiger charge is -2.17. The van der Waals surface area contributed by atoms with Crippen LogP contribution in [0.3, 0.4) is 0 Å². The van der Waals surface area contributed by atoms with E-state index < -0.39 is 0 Å². The predicted octanol–water partition coefficient (Wildman–Crippen LogP) is 3.21. The van der Waals surface area contributed by atoms with Gasteiger partial charge in [0.25, 0.3) is 0 Å². The Kier molecular flexibility index (Phi) is 3.70. The molecule has 4 rings (SSSR count). The minimum Gasteiger partial charge on any atom is -0.369 e.